The van der Waals surface area contributed by atoms with E-state index in [9.17, 15) is 36.0 Å². The van der Waals surface area contributed by atoms with Gasteiger partial charge in [0.15, 0.2) is 23.3 Å². The standard InChI is InChI=1S/C25H7F7N4/c26-21-19(11-36)22(27)24(29)20(23(21)28)18(10-35)16-6-3-13(14(8-33)9-34)7-17(16)12-1-4-15(5-2-12)25(30,31)32/h1-7H/b18-16+. The molecule has 0 saturated carbocycles. The van der Waals surface area contributed by atoms with Crippen molar-refractivity contribution in [1.29, 1.82) is 21.0 Å². The Hall–Kier alpha value is -5.13. The molecule has 4 nitrogen and oxygen atoms in total. The lowest BCUT2D eigenvalue weighted by Crippen LogP contribution is -2.19. The smallest absolute Gasteiger partial charge is 0.203 e. The molecule has 0 unspecified atom stereocenters. The van der Waals surface area contributed by atoms with E-state index in [1.165, 1.54) is 6.07 Å². The van der Waals surface area contributed by atoms with E-state index in [1.54, 1.807) is 12.1 Å². The molecule has 176 valence electrons. The predicted molar refractivity (Wildman–Crippen MR) is 110 cm³/mol. The van der Waals surface area contributed by atoms with Crippen molar-refractivity contribution in [3.63, 3.8) is 0 Å². The minimum Gasteiger partial charge on any atom is -0.203 e. The molecule has 11 heteroatoms. The van der Waals surface area contributed by atoms with Crippen molar-refractivity contribution in [3.8, 4) is 35.4 Å². The summed E-state index contributed by atoms with van der Waals surface area (Å²) in [6.45, 7) is 0. The zero-order valence-electron chi connectivity index (χ0n) is 17.5. The third-order valence-electron chi connectivity index (χ3n) is 5.06. The largest absolute Gasteiger partial charge is 0.416 e. The molecule has 0 aliphatic rings. The summed E-state index contributed by atoms with van der Waals surface area (Å²) in [6.07, 6.45) is -4.69. The van der Waals surface area contributed by atoms with Crippen LogP contribution in [0, 0.1) is 68.6 Å². The van der Waals surface area contributed by atoms with Crippen LogP contribution in [-0.2, 0) is 6.18 Å². The number of nitriles is 4. The summed E-state index contributed by atoms with van der Waals surface area (Å²) in [5, 5.41) is 36.4. The third kappa shape index (κ3) is 4.34. The van der Waals surface area contributed by atoms with Crippen molar-refractivity contribution in [2.24, 2.45) is 0 Å². The summed E-state index contributed by atoms with van der Waals surface area (Å²) in [5.41, 5.74) is -5.64. The van der Waals surface area contributed by atoms with Gasteiger partial charge >= 0.3 is 6.18 Å². The van der Waals surface area contributed by atoms with Gasteiger partial charge < -0.3 is 0 Å². The van der Waals surface area contributed by atoms with Crippen molar-refractivity contribution in [2.75, 3.05) is 0 Å². The fraction of sp³-hybridized carbons (Fsp3) is 0.0400. The number of halogens is 7. The van der Waals surface area contributed by atoms with Crippen molar-refractivity contribution in [3.05, 3.63) is 92.9 Å². The number of hydrogen-bond acceptors (Lipinski definition) is 4. The highest BCUT2D eigenvalue weighted by atomic mass is 19.4. The van der Waals surface area contributed by atoms with Crippen LogP contribution in [0.15, 0.2) is 42.5 Å². The maximum absolute atomic E-state index is 14.7. The van der Waals surface area contributed by atoms with Crippen LogP contribution in [-0.4, -0.2) is 0 Å². The van der Waals surface area contributed by atoms with Gasteiger partial charge in [0.1, 0.15) is 35.4 Å². The summed E-state index contributed by atoms with van der Waals surface area (Å²) in [5.74, 6) is -8.16. The molecule has 0 aliphatic carbocycles. The molecule has 0 spiro atoms. The van der Waals surface area contributed by atoms with Crippen molar-refractivity contribution < 1.29 is 30.7 Å². The van der Waals surface area contributed by atoms with Gasteiger partial charge in [-0.2, -0.15) is 34.2 Å². The minimum absolute atomic E-state index is 0.0433. The average molecular weight is 496 g/mol. The zero-order valence-corrected chi connectivity index (χ0v) is 17.5. The molecule has 0 amide bonds. The predicted octanol–water partition coefficient (Wildman–Crippen LogP) is 4.72. The number of rotatable bonds is 2. The SMILES string of the molecule is N#CC(C#N)=c1cc/c(=C(/C#N)c2c(F)c(F)c(C#N)c(F)c2F)c(-c2ccc(C(F)(F)F)cc2)c1. The molecule has 3 rings (SSSR count). The Bertz CT molecular complexity index is 1650. The average Bonchev–Trinajstić information content (AvgIpc) is 2.86. The van der Waals surface area contributed by atoms with Gasteiger partial charge in [0.25, 0.3) is 0 Å². The lowest BCUT2D eigenvalue weighted by molar-refractivity contribution is -0.137. The van der Waals surface area contributed by atoms with Crippen molar-refractivity contribution >= 4 is 11.1 Å². The molecule has 0 bridgehead atoms. The molecule has 0 radical (unpaired) electrons. The fourth-order valence-electron chi connectivity index (χ4n) is 3.35. The zero-order chi connectivity index (χ0) is 26.8. The van der Waals surface area contributed by atoms with Gasteiger partial charge in [-0.25, -0.2) is 17.6 Å². The highest BCUT2D eigenvalue weighted by Gasteiger charge is 2.30. The Kier molecular flexibility index (Phi) is 6.81. The van der Waals surface area contributed by atoms with Crippen LogP contribution in [0.4, 0.5) is 30.7 Å². The maximum Gasteiger partial charge on any atom is 0.416 e. The fourth-order valence-corrected chi connectivity index (χ4v) is 3.35. The van der Waals surface area contributed by atoms with Crippen LogP contribution >= 0.6 is 0 Å². The van der Waals surface area contributed by atoms with E-state index in [0.29, 0.717) is 12.1 Å². The quantitative estimate of drug-likeness (QED) is 0.379. The van der Waals surface area contributed by atoms with Crippen LogP contribution in [0.1, 0.15) is 16.7 Å². The van der Waals surface area contributed by atoms with Crippen molar-refractivity contribution in [1.82, 2.24) is 0 Å². The number of alkyl halides is 3. The van der Waals surface area contributed by atoms with Crippen LogP contribution in [0.5, 0.6) is 0 Å². The molecule has 0 aliphatic heterocycles. The first-order chi connectivity index (χ1) is 17.0. The summed E-state index contributed by atoms with van der Waals surface area (Å²) >= 11 is 0. The van der Waals surface area contributed by atoms with E-state index in [4.69, 9.17) is 15.8 Å². The second-order valence-corrected chi connectivity index (χ2v) is 7.04. The Labute approximate surface area is 197 Å². The Morgan fingerprint density at radius 1 is 0.694 bits per heavy atom. The van der Waals surface area contributed by atoms with Gasteiger partial charge in [0, 0.05) is 10.4 Å². The second kappa shape index (κ2) is 9.62. The maximum atomic E-state index is 14.7. The Balaban J connectivity index is 2.55. The molecule has 0 aromatic heterocycles. The van der Waals surface area contributed by atoms with E-state index in [-0.39, 0.29) is 21.6 Å². The van der Waals surface area contributed by atoms with E-state index >= 15 is 0 Å². The summed E-state index contributed by atoms with van der Waals surface area (Å²) < 4.78 is 96.9. The summed E-state index contributed by atoms with van der Waals surface area (Å²) in [4.78, 5) is 0. The monoisotopic (exact) mass is 496 g/mol. The highest BCUT2D eigenvalue weighted by molar-refractivity contribution is 5.83. The number of benzene rings is 3. The molecule has 0 heterocycles. The van der Waals surface area contributed by atoms with Gasteiger partial charge in [0.2, 0.25) is 0 Å². The topological polar surface area (TPSA) is 95.2 Å². The van der Waals surface area contributed by atoms with Gasteiger partial charge in [-0.15, -0.1) is 0 Å². The van der Waals surface area contributed by atoms with Gasteiger partial charge in [-0.05, 0) is 29.3 Å². The van der Waals surface area contributed by atoms with E-state index in [0.717, 1.165) is 36.4 Å². The second-order valence-electron chi connectivity index (χ2n) is 7.04. The van der Waals surface area contributed by atoms with Crippen LogP contribution in [0.2, 0.25) is 0 Å². The molecule has 3 aromatic carbocycles. The number of hydrogen-bond donors (Lipinski definition) is 0. The van der Waals surface area contributed by atoms with Crippen molar-refractivity contribution in [2.45, 2.75) is 6.18 Å². The first-order valence-electron chi connectivity index (χ1n) is 9.53. The minimum atomic E-state index is -4.69. The molecule has 0 saturated heterocycles. The molecule has 3 aromatic rings. The lowest BCUT2D eigenvalue weighted by atomic mass is 9.93. The van der Waals surface area contributed by atoms with Crippen LogP contribution < -0.4 is 10.4 Å². The molecular formula is C25H7F7N4. The summed E-state index contributed by atoms with van der Waals surface area (Å²) in [7, 11) is 0. The van der Waals surface area contributed by atoms with E-state index in [2.05, 4.69) is 0 Å². The highest BCUT2D eigenvalue weighted by Crippen LogP contribution is 2.31. The molecule has 0 atom stereocenters. The molecule has 36 heavy (non-hydrogen) atoms. The molecule has 0 fully saturated rings. The molecular weight excluding hydrogens is 489 g/mol. The first-order valence-corrected chi connectivity index (χ1v) is 9.53. The van der Waals surface area contributed by atoms with Gasteiger partial charge in [-0.1, -0.05) is 24.3 Å². The third-order valence-corrected chi connectivity index (χ3v) is 5.06. The normalized spacial score (nSPS) is 11.5. The van der Waals surface area contributed by atoms with E-state index < -0.39 is 57.3 Å². The lowest BCUT2D eigenvalue weighted by Gasteiger charge is -2.11. The first kappa shape index (κ1) is 25.5. The number of nitrogens with zero attached hydrogens (tertiary/aromatic N) is 4. The van der Waals surface area contributed by atoms with Gasteiger partial charge in [-0.3, -0.25) is 0 Å². The Morgan fingerprint density at radius 3 is 1.69 bits per heavy atom. The summed E-state index contributed by atoms with van der Waals surface area (Å²) in [6, 6.07) is 12.1. The van der Waals surface area contributed by atoms with Crippen LogP contribution in [0.25, 0.3) is 22.3 Å². The molecule has 0 N–H and O–H groups in total. The Morgan fingerprint density at radius 2 is 1.25 bits per heavy atom. The van der Waals surface area contributed by atoms with E-state index in [1.807, 2.05) is 0 Å². The van der Waals surface area contributed by atoms with Gasteiger partial charge in [0.05, 0.1) is 16.7 Å². The van der Waals surface area contributed by atoms with Crippen LogP contribution in [0.3, 0.4) is 0 Å².